The van der Waals surface area contributed by atoms with Crippen molar-refractivity contribution in [3.05, 3.63) is 72.6 Å². The second-order valence-electron chi connectivity index (χ2n) is 8.88. The number of nitrogens with zero attached hydrogens (tertiary/aromatic N) is 5. The third-order valence-corrected chi connectivity index (χ3v) is 6.38. The Hall–Kier alpha value is -4.41. The molecule has 1 fully saturated rings. The lowest BCUT2D eigenvalue weighted by Crippen LogP contribution is -2.46. The molecule has 1 aromatic carbocycles. The van der Waals surface area contributed by atoms with Crippen LogP contribution in [0.2, 0.25) is 0 Å². The SMILES string of the molecule is COc1ccc(-c2nnn(CC(=O)N(Cc3ccco3)C(C(=O)NC3CCCC3)c3ccco3)n2)cc1. The van der Waals surface area contributed by atoms with E-state index in [9.17, 15) is 9.59 Å². The Morgan fingerprint density at radius 2 is 1.86 bits per heavy atom. The van der Waals surface area contributed by atoms with Crippen LogP contribution in [0.4, 0.5) is 0 Å². The number of amides is 2. The molecule has 192 valence electrons. The molecule has 1 saturated carbocycles. The highest BCUT2D eigenvalue weighted by atomic mass is 16.5. The molecule has 1 unspecified atom stereocenters. The topological polar surface area (TPSA) is 129 Å². The van der Waals surface area contributed by atoms with Crippen molar-refractivity contribution in [3.63, 3.8) is 0 Å². The van der Waals surface area contributed by atoms with E-state index in [4.69, 9.17) is 13.6 Å². The number of nitrogens with one attached hydrogen (secondary N) is 1. The van der Waals surface area contributed by atoms with Crippen molar-refractivity contribution in [2.45, 2.75) is 50.9 Å². The molecule has 1 aliphatic carbocycles. The maximum atomic E-state index is 13.7. The van der Waals surface area contributed by atoms with Crippen molar-refractivity contribution in [3.8, 4) is 17.1 Å². The van der Waals surface area contributed by atoms with Crippen LogP contribution in [0.5, 0.6) is 5.75 Å². The van der Waals surface area contributed by atoms with E-state index in [2.05, 4.69) is 20.7 Å². The van der Waals surface area contributed by atoms with E-state index in [1.807, 2.05) is 12.1 Å². The van der Waals surface area contributed by atoms with Crippen molar-refractivity contribution < 1.29 is 23.2 Å². The van der Waals surface area contributed by atoms with E-state index in [0.717, 1.165) is 31.2 Å². The summed E-state index contributed by atoms with van der Waals surface area (Å²) >= 11 is 0. The molecule has 3 heterocycles. The summed E-state index contributed by atoms with van der Waals surface area (Å²) in [6, 6.07) is 13.2. The number of hydrogen-bond donors (Lipinski definition) is 1. The number of carbonyl (C=O) groups excluding carboxylic acids is 2. The van der Waals surface area contributed by atoms with Crippen LogP contribution in [-0.2, 0) is 22.7 Å². The summed E-state index contributed by atoms with van der Waals surface area (Å²) in [5, 5.41) is 15.6. The molecule has 0 radical (unpaired) electrons. The van der Waals surface area contributed by atoms with Crippen LogP contribution in [0.25, 0.3) is 11.4 Å². The van der Waals surface area contributed by atoms with Gasteiger partial charge in [-0.15, -0.1) is 10.2 Å². The van der Waals surface area contributed by atoms with Gasteiger partial charge in [-0.25, -0.2) is 0 Å². The Balaban J connectivity index is 1.39. The molecule has 37 heavy (non-hydrogen) atoms. The van der Waals surface area contributed by atoms with Crippen LogP contribution in [0.3, 0.4) is 0 Å². The molecule has 3 aromatic heterocycles. The molecule has 0 aliphatic heterocycles. The highest BCUT2D eigenvalue weighted by Gasteiger charge is 2.36. The van der Waals surface area contributed by atoms with Gasteiger partial charge in [-0.3, -0.25) is 9.59 Å². The lowest BCUT2D eigenvalue weighted by molar-refractivity contribution is -0.143. The van der Waals surface area contributed by atoms with Crippen LogP contribution < -0.4 is 10.1 Å². The minimum Gasteiger partial charge on any atom is -0.497 e. The number of rotatable bonds is 10. The molecule has 0 bridgehead atoms. The number of aromatic nitrogens is 4. The second-order valence-corrected chi connectivity index (χ2v) is 8.88. The largest absolute Gasteiger partial charge is 0.497 e. The van der Waals surface area contributed by atoms with Crippen molar-refractivity contribution in [2.75, 3.05) is 7.11 Å². The highest BCUT2D eigenvalue weighted by Crippen LogP contribution is 2.27. The smallest absolute Gasteiger partial charge is 0.250 e. The first-order chi connectivity index (χ1) is 18.1. The summed E-state index contributed by atoms with van der Waals surface area (Å²) < 4.78 is 16.3. The number of tetrazole rings is 1. The lowest BCUT2D eigenvalue weighted by Gasteiger charge is -2.30. The fraction of sp³-hybridized carbons (Fsp3) is 0.346. The predicted molar refractivity (Wildman–Crippen MR) is 131 cm³/mol. The van der Waals surface area contributed by atoms with E-state index in [1.54, 1.807) is 43.5 Å². The molecule has 4 aromatic rings. The third-order valence-electron chi connectivity index (χ3n) is 6.38. The zero-order valence-electron chi connectivity index (χ0n) is 20.4. The van der Waals surface area contributed by atoms with Gasteiger partial charge in [-0.05, 0) is 66.6 Å². The van der Waals surface area contributed by atoms with Crippen molar-refractivity contribution in [2.24, 2.45) is 0 Å². The average Bonchev–Trinajstić information content (AvgIpc) is 3.73. The van der Waals surface area contributed by atoms with Gasteiger partial charge in [0.05, 0.1) is 26.2 Å². The molecule has 11 heteroatoms. The Kier molecular flexibility index (Phi) is 7.29. The fourth-order valence-electron chi connectivity index (χ4n) is 4.49. The molecule has 11 nitrogen and oxygen atoms in total. The van der Waals surface area contributed by atoms with Crippen molar-refractivity contribution in [1.29, 1.82) is 0 Å². The standard InChI is InChI=1S/C26H28N6O5/c1-35-20-12-10-18(11-13-20)25-28-30-32(29-25)17-23(33)31(16-21-8-4-14-36-21)24(22-9-5-15-37-22)26(34)27-19-6-2-3-7-19/h4-5,8-15,19,24H,2-3,6-7,16-17H2,1H3,(H,27,34). The fourth-order valence-corrected chi connectivity index (χ4v) is 4.49. The van der Waals surface area contributed by atoms with Crippen LogP contribution in [0.1, 0.15) is 43.2 Å². The van der Waals surface area contributed by atoms with E-state index in [0.29, 0.717) is 23.1 Å². The number of ether oxygens (including phenoxy) is 1. The summed E-state index contributed by atoms with van der Waals surface area (Å²) in [7, 11) is 1.59. The van der Waals surface area contributed by atoms with Gasteiger partial charge < -0.3 is 23.8 Å². The predicted octanol–water partition coefficient (Wildman–Crippen LogP) is 3.36. The van der Waals surface area contributed by atoms with Crippen molar-refractivity contribution in [1.82, 2.24) is 30.4 Å². The molecule has 1 N–H and O–H groups in total. The number of hydrogen-bond acceptors (Lipinski definition) is 8. The molecule has 1 aliphatic rings. The lowest BCUT2D eigenvalue weighted by atomic mass is 10.1. The first kappa shape index (κ1) is 24.3. The molecular weight excluding hydrogens is 476 g/mol. The maximum absolute atomic E-state index is 13.7. The van der Waals surface area contributed by atoms with Gasteiger partial charge in [-0.1, -0.05) is 12.8 Å². The van der Waals surface area contributed by atoms with Crippen LogP contribution >= 0.6 is 0 Å². The van der Waals surface area contributed by atoms with E-state index in [-0.39, 0.29) is 25.0 Å². The monoisotopic (exact) mass is 504 g/mol. The maximum Gasteiger partial charge on any atom is 0.250 e. The van der Waals surface area contributed by atoms with E-state index < -0.39 is 11.9 Å². The molecule has 0 spiro atoms. The number of methoxy groups -OCH3 is 1. The van der Waals surface area contributed by atoms with Gasteiger partial charge in [0.15, 0.2) is 6.04 Å². The summed E-state index contributed by atoms with van der Waals surface area (Å²) in [5.74, 6) is 1.28. The second kappa shape index (κ2) is 11.1. The average molecular weight is 505 g/mol. The minimum absolute atomic E-state index is 0.0648. The van der Waals surface area contributed by atoms with Gasteiger partial charge in [0.2, 0.25) is 11.7 Å². The number of carbonyl (C=O) groups is 2. The Morgan fingerprint density at radius 1 is 1.11 bits per heavy atom. The molecule has 1 atom stereocenters. The summed E-state index contributed by atoms with van der Waals surface area (Å²) in [6.07, 6.45) is 6.98. The van der Waals surface area contributed by atoms with Crippen LogP contribution in [0, 0.1) is 0 Å². The van der Waals surface area contributed by atoms with Crippen LogP contribution in [-0.4, -0.2) is 50.1 Å². The Labute approximate surface area is 213 Å². The zero-order valence-corrected chi connectivity index (χ0v) is 20.4. The van der Waals surface area contributed by atoms with E-state index in [1.165, 1.54) is 22.2 Å². The highest BCUT2D eigenvalue weighted by molar-refractivity contribution is 5.88. The van der Waals surface area contributed by atoms with E-state index >= 15 is 0 Å². The van der Waals surface area contributed by atoms with Crippen molar-refractivity contribution >= 4 is 11.8 Å². The van der Waals surface area contributed by atoms with Gasteiger partial charge in [0.25, 0.3) is 5.91 Å². The van der Waals surface area contributed by atoms with Gasteiger partial charge in [0, 0.05) is 11.6 Å². The molecule has 5 rings (SSSR count). The van der Waals surface area contributed by atoms with Crippen LogP contribution in [0.15, 0.2) is 69.9 Å². The quantitative estimate of drug-likeness (QED) is 0.348. The third kappa shape index (κ3) is 5.71. The Bertz CT molecular complexity index is 1290. The summed E-state index contributed by atoms with van der Waals surface area (Å²) in [5.41, 5.74) is 0.733. The zero-order chi connectivity index (χ0) is 25.6. The molecule has 2 amide bonds. The summed E-state index contributed by atoms with van der Waals surface area (Å²) in [4.78, 5) is 29.8. The Morgan fingerprint density at radius 3 is 2.54 bits per heavy atom. The van der Waals surface area contributed by atoms with Gasteiger partial charge in [0.1, 0.15) is 23.8 Å². The van der Waals surface area contributed by atoms with Gasteiger partial charge >= 0.3 is 0 Å². The first-order valence-electron chi connectivity index (χ1n) is 12.2. The van der Waals surface area contributed by atoms with Gasteiger partial charge in [-0.2, -0.15) is 4.80 Å². The first-order valence-corrected chi connectivity index (χ1v) is 12.2. The molecule has 0 saturated heterocycles. The number of furan rings is 2. The minimum atomic E-state index is -0.988. The number of benzene rings is 1. The molecular formula is C26H28N6O5. The normalized spacial score (nSPS) is 14.4. The summed E-state index contributed by atoms with van der Waals surface area (Å²) in [6.45, 7) is -0.160.